The van der Waals surface area contributed by atoms with Crippen molar-refractivity contribution in [1.82, 2.24) is 9.88 Å². The third kappa shape index (κ3) is 4.05. The minimum absolute atomic E-state index is 0.167. The van der Waals surface area contributed by atoms with Crippen LogP contribution in [0.1, 0.15) is 24.1 Å². The van der Waals surface area contributed by atoms with Crippen molar-refractivity contribution in [3.63, 3.8) is 0 Å². The molecule has 3 heterocycles. The molecule has 0 aliphatic carbocycles. The standard InChI is InChI=1S/C21H26N4O/c1-17-14-19(8-9-22-17)25-11-5-10-24(12-13-25)16-20-15-21(23-26-20)18-6-3-2-4-7-18/h2-4,6-9,14,20H,5,10-13,15-16H2,1H3/t20-/m0/s1. The second-order valence-electron chi connectivity index (χ2n) is 7.13. The molecule has 1 saturated heterocycles. The summed E-state index contributed by atoms with van der Waals surface area (Å²) in [4.78, 5) is 15.0. The summed E-state index contributed by atoms with van der Waals surface area (Å²) >= 11 is 0. The number of hydrogen-bond donors (Lipinski definition) is 0. The molecule has 4 rings (SSSR count). The molecule has 0 N–H and O–H groups in total. The molecule has 0 saturated carbocycles. The smallest absolute Gasteiger partial charge is 0.145 e. The molecule has 1 aromatic heterocycles. The number of pyridine rings is 1. The molecule has 1 atom stereocenters. The van der Waals surface area contributed by atoms with Gasteiger partial charge in [-0.1, -0.05) is 35.5 Å². The van der Waals surface area contributed by atoms with Crippen molar-refractivity contribution in [1.29, 1.82) is 0 Å². The van der Waals surface area contributed by atoms with E-state index < -0.39 is 0 Å². The van der Waals surface area contributed by atoms with E-state index in [4.69, 9.17) is 4.84 Å². The Balaban J connectivity index is 1.30. The summed E-state index contributed by atoms with van der Waals surface area (Å²) in [6.45, 7) is 7.31. The molecule has 0 bridgehead atoms. The van der Waals surface area contributed by atoms with Crippen LogP contribution in [0.15, 0.2) is 53.8 Å². The van der Waals surface area contributed by atoms with Crippen LogP contribution < -0.4 is 4.90 Å². The third-order valence-corrected chi connectivity index (χ3v) is 5.14. The van der Waals surface area contributed by atoms with Crippen molar-refractivity contribution in [3.8, 4) is 0 Å². The second kappa shape index (κ2) is 7.87. The number of rotatable bonds is 4. The Bertz CT molecular complexity index is 762. The Morgan fingerprint density at radius 3 is 2.81 bits per heavy atom. The monoisotopic (exact) mass is 350 g/mol. The first-order valence-electron chi connectivity index (χ1n) is 9.46. The van der Waals surface area contributed by atoms with Gasteiger partial charge in [0.15, 0.2) is 0 Å². The summed E-state index contributed by atoms with van der Waals surface area (Å²) in [5.74, 6) is 0. The van der Waals surface area contributed by atoms with Crippen LogP contribution in [0.25, 0.3) is 0 Å². The van der Waals surface area contributed by atoms with Gasteiger partial charge in [0.05, 0.1) is 5.71 Å². The summed E-state index contributed by atoms with van der Waals surface area (Å²) in [6.07, 6.45) is 4.14. The Labute approximate surface area is 155 Å². The fourth-order valence-corrected chi connectivity index (χ4v) is 3.75. The summed E-state index contributed by atoms with van der Waals surface area (Å²) in [6, 6.07) is 14.6. The van der Waals surface area contributed by atoms with Gasteiger partial charge in [-0.3, -0.25) is 9.88 Å². The van der Waals surface area contributed by atoms with Gasteiger partial charge in [0.25, 0.3) is 0 Å². The summed E-state index contributed by atoms with van der Waals surface area (Å²) < 4.78 is 0. The van der Waals surface area contributed by atoms with Crippen molar-refractivity contribution in [2.24, 2.45) is 5.16 Å². The molecule has 2 aromatic rings. The van der Waals surface area contributed by atoms with Gasteiger partial charge < -0.3 is 9.74 Å². The maximum absolute atomic E-state index is 5.72. The van der Waals surface area contributed by atoms with E-state index >= 15 is 0 Å². The van der Waals surface area contributed by atoms with Gasteiger partial charge >= 0.3 is 0 Å². The lowest BCUT2D eigenvalue weighted by Gasteiger charge is -2.24. The third-order valence-electron chi connectivity index (χ3n) is 5.14. The molecular weight excluding hydrogens is 324 g/mol. The van der Waals surface area contributed by atoms with Gasteiger partial charge in [0.1, 0.15) is 6.10 Å². The normalized spacial score (nSPS) is 21.2. The Kier molecular flexibility index (Phi) is 5.16. The van der Waals surface area contributed by atoms with Crippen LogP contribution >= 0.6 is 0 Å². The predicted octanol–water partition coefficient (Wildman–Crippen LogP) is 3.10. The van der Waals surface area contributed by atoms with Crippen LogP contribution in [0.4, 0.5) is 5.69 Å². The number of nitrogens with zero attached hydrogens (tertiary/aromatic N) is 4. The zero-order valence-electron chi connectivity index (χ0n) is 15.3. The van der Waals surface area contributed by atoms with E-state index in [0.29, 0.717) is 0 Å². The van der Waals surface area contributed by atoms with Crippen LogP contribution in [0.5, 0.6) is 0 Å². The maximum atomic E-state index is 5.72. The molecule has 5 nitrogen and oxygen atoms in total. The van der Waals surface area contributed by atoms with E-state index in [-0.39, 0.29) is 6.10 Å². The van der Waals surface area contributed by atoms with Crippen molar-refractivity contribution >= 4 is 11.4 Å². The van der Waals surface area contributed by atoms with Crippen molar-refractivity contribution in [3.05, 3.63) is 59.9 Å². The zero-order chi connectivity index (χ0) is 17.8. The predicted molar refractivity (Wildman–Crippen MR) is 105 cm³/mol. The lowest BCUT2D eigenvalue weighted by atomic mass is 10.0. The van der Waals surface area contributed by atoms with Crippen LogP contribution in [-0.4, -0.2) is 54.4 Å². The first-order valence-corrected chi connectivity index (χ1v) is 9.46. The molecule has 136 valence electrons. The first kappa shape index (κ1) is 17.0. The van der Waals surface area contributed by atoms with Gasteiger partial charge in [-0.05, 0) is 31.0 Å². The lowest BCUT2D eigenvalue weighted by molar-refractivity contribution is 0.0544. The fourth-order valence-electron chi connectivity index (χ4n) is 3.75. The highest BCUT2D eigenvalue weighted by molar-refractivity contribution is 6.01. The zero-order valence-corrected chi connectivity index (χ0v) is 15.3. The van der Waals surface area contributed by atoms with Crippen LogP contribution in [0.3, 0.4) is 0 Å². The van der Waals surface area contributed by atoms with E-state index in [9.17, 15) is 0 Å². The number of benzene rings is 1. The summed E-state index contributed by atoms with van der Waals surface area (Å²) in [5, 5.41) is 4.32. The topological polar surface area (TPSA) is 41.0 Å². The number of hydrogen-bond acceptors (Lipinski definition) is 5. The Hall–Kier alpha value is -2.40. The molecule has 0 spiro atoms. The molecule has 1 fully saturated rings. The van der Waals surface area contributed by atoms with Crippen molar-refractivity contribution in [2.45, 2.75) is 25.9 Å². The molecule has 0 radical (unpaired) electrons. The first-order chi connectivity index (χ1) is 12.8. The van der Waals surface area contributed by atoms with Crippen molar-refractivity contribution < 1.29 is 4.84 Å². The summed E-state index contributed by atoms with van der Waals surface area (Å²) in [7, 11) is 0. The molecule has 5 heteroatoms. The molecular formula is C21H26N4O. The highest BCUT2D eigenvalue weighted by Gasteiger charge is 2.25. The second-order valence-corrected chi connectivity index (χ2v) is 7.13. The van der Waals surface area contributed by atoms with Crippen molar-refractivity contribution in [2.75, 3.05) is 37.6 Å². The lowest BCUT2D eigenvalue weighted by Crippen LogP contribution is -2.36. The van der Waals surface area contributed by atoms with E-state index in [1.165, 1.54) is 17.7 Å². The fraction of sp³-hybridized carbons (Fsp3) is 0.429. The Morgan fingerprint density at radius 2 is 1.96 bits per heavy atom. The number of aryl methyl sites for hydroxylation is 1. The van der Waals surface area contributed by atoms with E-state index in [1.54, 1.807) is 0 Å². The van der Waals surface area contributed by atoms with E-state index in [0.717, 1.165) is 50.6 Å². The quantitative estimate of drug-likeness (QED) is 0.850. The van der Waals surface area contributed by atoms with Crippen LogP contribution in [0, 0.1) is 6.92 Å². The molecule has 0 unspecified atom stereocenters. The molecule has 2 aliphatic rings. The Morgan fingerprint density at radius 1 is 1.08 bits per heavy atom. The molecule has 2 aliphatic heterocycles. The SMILES string of the molecule is Cc1cc(N2CCCN(C[C@@H]3CC(c4ccccc4)=NO3)CC2)ccn1. The van der Waals surface area contributed by atoms with Gasteiger partial charge in [0, 0.05) is 56.7 Å². The maximum Gasteiger partial charge on any atom is 0.145 e. The minimum atomic E-state index is 0.167. The number of aromatic nitrogens is 1. The summed E-state index contributed by atoms with van der Waals surface area (Å²) in [5.41, 5.74) is 4.60. The highest BCUT2D eigenvalue weighted by atomic mass is 16.6. The van der Waals surface area contributed by atoms with Gasteiger partial charge in [-0.25, -0.2) is 0 Å². The average Bonchev–Trinajstić information content (AvgIpc) is 3.00. The number of oxime groups is 1. The van der Waals surface area contributed by atoms with Crippen LogP contribution in [0.2, 0.25) is 0 Å². The minimum Gasteiger partial charge on any atom is -0.390 e. The van der Waals surface area contributed by atoms with Gasteiger partial charge in [0.2, 0.25) is 0 Å². The largest absolute Gasteiger partial charge is 0.390 e. The van der Waals surface area contributed by atoms with Gasteiger partial charge in [-0.15, -0.1) is 0 Å². The molecule has 0 amide bonds. The van der Waals surface area contributed by atoms with Gasteiger partial charge in [-0.2, -0.15) is 0 Å². The van der Waals surface area contributed by atoms with E-state index in [2.05, 4.69) is 63.3 Å². The average molecular weight is 350 g/mol. The highest BCUT2D eigenvalue weighted by Crippen LogP contribution is 2.20. The van der Waals surface area contributed by atoms with E-state index in [1.807, 2.05) is 12.3 Å². The molecule has 1 aromatic carbocycles. The number of anilines is 1. The molecule has 26 heavy (non-hydrogen) atoms. The van der Waals surface area contributed by atoms with Crippen LogP contribution in [-0.2, 0) is 4.84 Å².